The molecule has 4 aliphatic heterocycles. The summed E-state index contributed by atoms with van der Waals surface area (Å²) in [6.07, 6.45) is -7.58. The van der Waals surface area contributed by atoms with E-state index in [9.17, 15) is 25.2 Å². The van der Waals surface area contributed by atoms with Crippen molar-refractivity contribution in [1.29, 1.82) is 0 Å². The summed E-state index contributed by atoms with van der Waals surface area (Å²) in [7, 11) is 5.28. The first-order valence-corrected chi connectivity index (χ1v) is 18.7. The lowest BCUT2D eigenvalue weighted by atomic mass is 9.77. The van der Waals surface area contributed by atoms with E-state index in [2.05, 4.69) is 0 Å². The normalized spacial score (nSPS) is 50.3. The van der Waals surface area contributed by atoms with Crippen LogP contribution in [0.2, 0.25) is 0 Å². The molecule has 14 nitrogen and oxygen atoms in total. The van der Waals surface area contributed by atoms with Gasteiger partial charge in [-0.15, -0.1) is 0 Å². The van der Waals surface area contributed by atoms with Crippen molar-refractivity contribution in [2.24, 2.45) is 22.7 Å². The van der Waals surface area contributed by atoms with Crippen LogP contribution in [0.3, 0.4) is 0 Å². The van der Waals surface area contributed by atoms with Gasteiger partial charge in [0.2, 0.25) is 0 Å². The highest BCUT2D eigenvalue weighted by Crippen LogP contribution is 2.41. The highest BCUT2D eigenvalue weighted by atomic mass is 16.7. The lowest BCUT2D eigenvalue weighted by molar-refractivity contribution is -0.318. The molecule has 0 aromatic carbocycles. The molecule has 0 aromatic rings. The Morgan fingerprint density at radius 2 is 1.61 bits per heavy atom. The first-order valence-electron chi connectivity index (χ1n) is 18.7. The van der Waals surface area contributed by atoms with E-state index in [1.807, 2.05) is 53.6 Å². The molecular formula is C37H66N2O12. The lowest BCUT2D eigenvalue weighted by Gasteiger charge is -2.49. The zero-order valence-electron chi connectivity index (χ0n) is 32.9. The maximum atomic E-state index is 14.2. The second-order valence-electron chi connectivity index (χ2n) is 16.6. The number of carbonyl (C=O) groups excluding carboxylic acids is 1. The number of nitrogens with zero attached hydrogens (tertiary/aromatic N) is 2. The minimum absolute atomic E-state index is 0.117. The monoisotopic (exact) mass is 730 g/mol. The number of esters is 1. The molecule has 4 rings (SSSR count). The van der Waals surface area contributed by atoms with Gasteiger partial charge in [0.1, 0.15) is 23.9 Å². The molecule has 3 saturated heterocycles. The molecular weight excluding hydrogens is 664 g/mol. The number of methoxy groups -OCH3 is 1. The van der Waals surface area contributed by atoms with Crippen LogP contribution in [0.5, 0.6) is 0 Å². The fourth-order valence-electron chi connectivity index (χ4n) is 8.66. The molecule has 14 heteroatoms. The van der Waals surface area contributed by atoms with Crippen LogP contribution in [-0.2, 0) is 38.0 Å². The Morgan fingerprint density at radius 1 is 0.961 bits per heavy atom. The molecule has 4 heterocycles. The molecule has 0 spiro atoms. The van der Waals surface area contributed by atoms with Gasteiger partial charge in [0.15, 0.2) is 24.6 Å². The highest BCUT2D eigenvalue weighted by Gasteiger charge is 2.54. The Kier molecular flexibility index (Phi) is 13.4. The average Bonchev–Trinajstić information content (AvgIpc) is 3.46. The van der Waals surface area contributed by atoms with Crippen LogP contribution >= 0.6 is 0 Å². The summed E-state index contributed by atoms with van der Waals surface area (Å²) in [6, 6.07) is -0.725. The van der Waals surface area contributed by atoms with Gasteiger partial charge in [-0.3, -0.25) is 4.79 Å². The summed E-state index contributed by atoms with van der Waals surface area (Å²) in [6.45, 7) is 17.7. The fraction of sp³-hybridized carbons (Fsp3) is 0.946. The second kappa shape index (κ2) is 16.1. The number of aliphatic hydroxyl groups is 4. The molecule has 18 unspecified atom stereocenters. The number of carbonyl (C=O) groups is 1. The maximum absolute atomic E-state index is 14.2. The van der Waals surface area contributed by atoms with Gasteiger partial charge in [0, 0.05) is 31.4 Å². The van der Waals surface area contributed by atoms with Gasteiger partial charge in [-0.2, -0.15) is 0 Å². The molecule has 0 aromatic heterocycles. The van der Waals surface area contributed by atoms with Crippen LogP contribution in [0.15, 0.2) is 4.99 Å². The Bertz CT molecular complexity index is 1220. The summed E-state index contributed by atoms with van der Waals surface area (Å²) in [5, 5.41) is 46.8. The maximum Gasteiger partial charge on any atom is 0.311 e. The van der Waals surface area contributed by atoms with Crippen LogP contribution in [0.4, 0.5) is 0 Å². The first-order chi connectivity index (χ1) is 23.6. The molecule has 0 amide bonds. The smallest absolute Gasteiger partial charge is 0.311 e. The van der Waals surface area contributed by atoms with Crippen molar-refractivity contribution in [2.75, 3.05) is 21.2 Å². The fourth-order valence-corrected chi connectivity index (χ4v) is 8.66. The number of rotatable bonds is 7. The van der Waals surface area contributed by atoms with E-state index in [1.165, 1.54) is 7.11 Å². The highest BCUT2D eigenvalue weighted by molar-refractivity contribution is 5.80. The third-order valence-corrected chi connectivity index (χ3v) is 11.8. The van der Waals surface area contributed by atoms with E-state index < -0.39 is 102 Å². The molecule has 3 fully saturated rings. The topological polar surface area (TPSA) is 178 Å². The van der Waals surface area contributed by atoms with Crippen molar-refractivity contribution in [3.8, 4) is 0 Å². The largest absolute Gasteiger partial charge is 0.472 e. The number of hydrogen-bond donors (Lipinski definition) is 4. The minimum Gasteiger partial charge on any atom is -0.472 e. The third-order valence-electron chi connectivity index (χ3n) is 11.8. The summed E-state index contributed by atoms with van der Waals surface area (Å²) in [4.78, 5) is 20.9. The van der Waals surface area contributed by atoms with Gasteiger partial charge in [-0.1, -0.05) is 20.8 Å². The number of hydrogen-bond acceptors (Lipinski definition) is 14. The summed E-state index contributed by atoms with van der Waals surface area (Å²) in [5.74, 6) is -2.40. The number of aliphatic hydroxyl groups excluding tert-OH is 2. The first kappa shape index (κ1) is 42.3. The standard InChI is InChI=1S/C37H66N2O12/c1-14-25-37(10,44)31-22(6)38-32(50-31)18(2)16-35(8,43)30(51-34-27(40)24(39(11)12)15-19(3)46-34)20(4)28(21(5)33(42)48-25)49-26-17-36(9,45-13)29(41)23(7)47-26/h18-31,34,40-41,43-44H,14-17H2,1-13H3. The average molecular weight is 731 g/mol. The van der Waals surface area contributed by atoms with Gasteiger partial charge in [0.05, 0.1) is 47.6 Å². The van der Waals surface area contributed by atoms with E-state index in [4.69, 9.17) is 38.2 Å². The summed E-state index contributed by atoms with van der Waals surface area (Å²) in [5.41, 5.74) is -4.22. The number of ether oxygens (including phenoxy) is 7. The zero-order valence-corrected chi connectivity index (χ0v) is 32.9. The van der Waals surface area contributed by atoms with E-state index >= 15 is 0 Å². The van der Waals surface area contributed by atoms with Crippen molar-refractivity contribution < 1.29 is 58.4 Å². The third kappa shape index (κ3) is 8.76. The summed E-state index contributed by atoms with van der Waals surface area (Å²) < 4.78 is 43.9. The van der Waals surface area contributed by atoms with Crippen molar-refractivity contribution in [3.63, 3.8) is 0 Å². The van der Waals surface area contributed by atoms with Crippen molar-refractivity contribution in [1.82, 2.24) is 4.90 Å². The molecule has 2 bridgehead atoms. The molecule has 18 atom stereocenters. The van der Waals surface area contributed by atoms with Crippen LogP contribution in [0.25, 0.3) is 0 Å². The molecule has 0 radical (unpaired) electrons. The molecule has 0 saturated carbocycles. The number of aliphatic imine (C=N–C) groups is 1. The van der Waals surface area contributed by atoms with E-state index in [0.29, 0.717) is 18.7 Å². The molecule has 0 aliphatic carbocycles. The van der Waals surface area contributed by atoms with Crippen molar-refractivity contribution in [3.05, 3.63) is 0 Å². The van der Waals surface area contributed by atoms with E-state index in [0.717, 1.165) is 0 Å². The Balaban J connectivity index is 1.82. The van der Waals surface area contributed by atoms with Crippen molar-refractivity contribution >= 4 is 11.9 Å². The minimum atomic E-state index is -1.62. The summed E-state index contributed by atoms with van der Waals surface area (Å²) >= 11 is 0. The van der Waals surface area contributed by atoms with E-state index in [1.54, 1.807) is 34.6 Å². The Morgan fingerprint density at radius 3 is 2.20 bits per heavy atom. The molecule has 296 valence electrons. The van der Waals surface area contributed by atoms with Gasteiger partial charge in [-0.25, -0.2) is 4.99 Å². The van der Waals surface area contributed by atoms with Crippen LogP contribution in [0.1, 0.15) is 94.9 Å². The lowest BCUT2D eigenvalue weighted by Crippen LogP contribution is -2.61. The predicted molar refractivity (Wildman–Crippen MR) is 188 cm³/mol. The second-order valence-corrected chi connectivity index (χ2v) is 16.6. The number of likely N-dealkylation sites (N-methyl/N-ethyl adjacent to an activating group) is 1. The zero-order chi connectivity index (χ0) is 38.4. The number of fused-ring (bicyclic) bond motifs is 2. The SMILES string of the molecule is CCC1OC(=O)C(C)C(OC2CC(C)(OC)C(O)C(C)O2)C(C)C(OC2OC(C)CC(N(C)C)C2O)C(C)(O)CC(C)C2=NC(C)C(O2)C1(C)O. The van der Waals surface area contributed by atoms with Crippen LogP contribution < -0.4 is 0 Å². The van der Waals surface area contributed by atoms with Gasteiger partial charge in [0.25, 0.3) is 0 Å². The quantitative estimate of drug-likeness (QED) is 0.281. The van der Waals surface area contributed by atoms with E-state index in [-0.39, 0.29) is 25.0 Å². The predicted octanol–water partition coefficient (Wildman–Crippen LogP) is 2.41. The molecule has 51 heavy (non-hydrogen) atoms. The van der Waals surface area contributed by atoms with Crippen molar-refractivity contribution in [2.45, 2.75) is 185 Å². The Hall–Kier alpha value is -1.46. The Labute approximate surface area is 304 Å². The van der Waals surface area contributed by atoms with Gasteiger partial charge < -0.3 is 58.5 Å². The van der Waals surface area contributed by atoms with Crippen LogP contribution in [-0.4, -0.2) is 149 Å². The molecule has 4 aliphatic rings. The van der Waals surface area contributed by atoms with Gasteiger partial charge in [-0.05, 0) is 81.8 Å². The van der Waals surface area contributed by atoms with Gasteiger partial charge >= 0.3 is 5.97 Å². The number of cyclic esters (lactones) is 1. The van der Waals surface area contributed by atoms with Crippen LogP contribution in [0, 0.1) is 17.8 Å². The molecule has 4 N–H and O–H groups in total.